The maximum Gasteiger partial charge on any atom is 0.00415 e. The van der Waals surface area contributed by atoms with Gasteiger partial charge in [0.25, 0.3) is 0 Å². The standard InChI is InChI=1S/C10H21N/c1-7(2)10-5-4-9(11)6-8(10)3/h7-10H,4-6,11H2,1-3H3/t8-,9+,10-/m0/s1. The lowest BCUT2D eigenvalue weighted by atomic mass is 9.73. The zero-order valence-electron chi connectivity index (χ0n) is 8.01. The molecule has 0 aliphatic heterocycles. The summed E-state index contributed by atoms with van der Waals surface area (Å²) in [5.41, 5.74) is 5.89. The molecule has 11 heavy (non-hydrogen) atoms. The van der Waals surface area contributed by atoms with Crippen LogP contribution >= 0.6 is 0 Å². The van der Waals surface area contributed by atoms with E-state index in [9.17, 15) is 0 Å². The van der Waals surface area contributed by atoms with Gasteiger partial charge >= 0.3 is 0 Å². The number of rotatable bonds is 1. The van der Waals surface area contributed by atoms with E-state index < -0.39 is 0 Å². The van der Waals surface area contributed by atoms with Crippen molar-refractivity contribution >= 4 is 0 Å². The van der Waals surface area contributed by atoms with Crippen LogP contribution in [0.3, 0.4) is 0 Å². The highest BCUT2D eigenvalue weighted by atomic mass is 14.6. The lowest BCUT2D eigenvalue weighted by molar-refractivity contribution is 0.180. The minimum atomic E-state index is 0.486. The van der Waals surface area contributed by atoms with Crippen molar-refractivity contribution in [3.05, 3.63) is 0 Å². The van der Waals surface area contributed by atoms with Crippen molar-refractivity contribution in [2.24, 2.45) is 23.5 Å². The van der Waals surface area contributed by atoms with Crippen molar-refractivity contribution < 1.29 is 0 Å². The van der Waals surface area contributed by atoms with Crippen LogP contribution in [0.25, 0.3) is 0 Å². The van der Waals surface area contributed by atoms with E-state index in [-0.39, 0.29) is 0 Å². The van der Waals surface area contributed by atoms with Crippen LogP contribution in [0, 0.1) is 17.8 Å². The Morgan fingerprint density at radius 2 is 1.91 bits per heavy atom. The van der Waals surface area contributed by atoms with Crippen LogP contribution in [0.1, 0.15) is 40.0 Å². The van der Waals surface area contributed by atoms with Gasteiger partial charge in [-0.25, -0.2) is 0 Å². The second kappa shape index (κ2) is 3.57. The minimum Gasteiger partial charge on any atom is -0.328 e. The van der Waals surface area contributed by atoms with Crippen LogP contribution < -0.4 is 5.73 Å². The molecule has 0 saturated heterocycles. The Bertz CT molecular complexity index is 120. The van der Waals surface area contributed by atoms with Gasteiger partial charge in [-0.2, -0.15) is 0 Å². The summed E-state index contributed by atoms with van der Waals surface area (Å²) in [4.78, 5) is 0. The highest BCUT2D eigenvalue weighted by Crippen LogP contribution is 2.33. The molecular formula is C10H21N. The number of nitrogens with two attached hydrogens (primary N) is 1. The van der Waals surface area contributed by atoms with Crippen LogP contribution in [-0.4, -0.2) is 6.04 Å². The monoisotopic (exact) mass is 155 g/mol. The summed E-state index contributed by atoms with van der Waals surface area (Å²) in [6.45, 7) is 7.01. The van der Waals surface area contributed by atoms with E-state index in [1.54, 1.807) is 0 Å². The van der Waals surface area contributed by atoms with E-state index in [2.05, 4.69) is 20.8 Å². The average Bonchev–Trinajstić information content (AvgIpc) is 1.85. The second-order valence-electron chi connectivity index (χ2n) is 4.46. The Labute approximate surface area is 70.4 Å². The Kier molecular flexibility index (Phi) is 2.94. The molecule has 0 spiro atoms. The van der Waals surface area contributed by atoms with E-state index >= 15 is 0 Å². The highest BCUT2D eigenvalue weighted by Gasteiger charge is 2.27. The van der Waals surface area contributed by atoms with Gasteiger partial charge < -0.3 is 5.73 Å². The summed E-state index contributed by atoms with van der Waals surface area (Å²) in [6.07, 6.45) is 3.83. The quantitative estimate of drug-likeness (QED) is 0.618. The lowest BCUT2D eigenvalue weighted by Gasteiger charge is -2.34. The van der Waals surface area contributed by atoms with Crippen molar-refractivity contribution in [2.75, 3.05) is 0 Å². The van der Waals surface area contributed by atoms with Crippen LogP contribution in [0.5, 0.6) is 0 Å². The Morgan fingerprint density at radius 3 is 2.36 bits per heavy atom. The summed E-state index contributed by atoms with van der Waals surface area (Å²) >= 11 is 0. The molecule has 0 radical (unpaired) electrons. The molecule has 3 atom stereocenters. The third-order valence-corrected chi connectivity index (χ3v) is 3.13. The van der Waals surface area contributed by atoms with Gasteiger partial charge in [0, 0.05) is 6.04 Å². The second-order valence-corrected chi connectivity index (χ2v) is 4.46. The molecule has 1 heteroatoms. The topological polar surface area (TPSA) is 26.0 Å². The smallest absolute Gasteiger partial charge is 0.00415 e. The SMILES string of the molecule is CC(C)[C@@H]1CC[C@@H](N)C[C@@H]1C. The average molecular weight is 155 g/mol. The molecule has 0 unspecified atom stereocenters. The molecule has 1 aliphatic rings. The lowest BCUT2D eigenvalue weighted by Crippen LogP contribution is -2.34. The summed E-state index contributed by atoms with van der Waals surface area (Å²) in [5.74, 6) is 2.62. The predicted molar refractivity (Wildman–Crippen MR) is 49.3 cm³/mol. The summed E-state index contributed by atoms with van der Waals surface area (Å²) in [7, 11) is 0. The van der Waals surface area contributed by atoms with Crippen LogP contribution in [0.2, 0.25) is 0 Å². The highest BCUT2D eigenvalue weighted by molar-refractivity contribution is 4.80. The third kappa shape index (κ3) is 2.19. The molecule has 0 bridgehead atoms. The normalized spacial score (nSPS) is 39.5. The zero-order valence-corrected chi connectivity index (χ0v) is 8.01. The molecule has 0 amide bonds. The third-order valence-electron chi connectivity index (χ3n) is 3.13. The largest absolute Gasteiger partial charge is 0.328 e. The fourth-order valence-electron chi connectivity index (χ4n) is 2.45. The van der Waals surface area contributed by atoms with Crippen LogP contribution in [0.15, 0.2) is 0 Å². The van der Waals surface area contributed by atoms with E-state index in [4.69, 9.17) is 5.73 Å². The first kappa shape index (κ1) is 9.05. The Morgan fingerprint density at radius 1 is 1.27 bits per heavy atom. The molecule has 1 nitrogen and oxygen atoms in total. The van der Waals surface area contributed by atoms with Crippen molar-refractivity contribution in [3.8, 4) is 0 Å². The molecule has 0 heterocycles. The van der Waals surface area contributed by atoms with Gasteiger partial charge in [0.2, 0.25) is 0 Å². The van der Waals surface area contributed by atoms with Crippen molar-refractivity contribution in [3.63, 3.8) is 0 Å². The first-order chi connectivity index (χ1) is 5.11. The molecule has 66 valence electrons. The maximum atomic E-state index is 5.89. The zero-order chi connectivity index (χ0) is 8.43. The molecule has 2 N–H and O–H groups in total. The molecule has 0 aromatic rings. The molecule has 1 rings (SSSR count). The molecule has 0 aromatic carbocycles. The minimum absolute atomic E-state index is 0.486. The van der Waals surface area contributed by atoms with E-state index in [0.29, 0.717) is 6.04 Å². The van der Waals surface area contributed by atoms with Crippen molar-refractivity contribution in [1.82, 2.24) is 0 Å². The van der Waals surface area contributed by atoms with Crippen molar-refractivity contribution in [1.29, 1.82) is 0 Å². The van der Waals surface area contributed by atoms with Gasteiger partial charge in [-0.1, -0.05) is 20.8 Å². The summed E-state index contributed by atoms with van der Waals surface area (Å²) in [5, 5.41) is 0. The molecular weight excluding hydrogens is 134 g/mol. The van der Waals surface area contributed by atoms with Gasteiger partial charge in [-0.3, -0.25) is 0 Å². The first-order valence-electron chi connectivity index (χ1n) is 4.87. The van der Waals surface area contributed by atoms with Gasteiger partial charge in [0.15, 0.2) is 0 Å². The number of hydrogen-bond donors (Lipinski definition) is 1. The van der Waals surface area contributed by atoms with Gasteiger partial charge in [0.05, 0.1) is 0 Å². The number of hydrogen-bond acceptors (Lipinski definition) is 1. The maximum absolute atomic E-state index is 5.89. The Hall–Kier alpha value is -0.0400. The summed E-state index contributed by atoms with van der Waals surface area (Å²) < 4.78 is 0. The first-order valence-corrected chi connectivity index (χ1v) is 4.87. The fourth-order valence-corrected chi connectivity index (χ4v) is 2.45. The molecule has 1 saturated carbocycles. The van der Waals surface area contributed by atoms with Gasteiger partial charge in [-0.05, 0) is 37.0 Å². The van der Waals surface area contributed by atoms with E-state index in [1.807, 2.05) is 0 Å². The van der Waals surface area contributed by atoms with E-state index in [0.717, 1.165) is 17.8 Å². The van der Waals surface area contributed by atoms with Crippen LogP contribution in [0.4, 0.5) is 0 Å². The predicted octanol–water partition coefficient (Wildman–Crippen LogP) is 2.41. The van der Waals surface area contributed by atoms with Crippen LogP contribution in [-0.2, 0) is 0 Å². The Balaban J connectivity index is 2.44. The fraction of sp³-hybridized carbons (Fsp3) is 1.00. The van der Waals surface area contributed by atoms with E-state index in [1.165, 1.54) is 19.3 Å². The molecule has 1 fully saturated rings. The summed E-state index contributed by atoms with van der Waals surface area (Å²) in [6, 6.07) is 0.486. The van der Waals surface area contributed by atoms with Gasteiger partial charge in [-0.15, -0.1) is 0 Å². The molecule has 1 aliphatic carbocycles. The van der Waals surface area contributed by atoms with Crippen molar-refractivity contribution in [2.45, 2.75) is 46.1 Å². The van der Waals surface area contributed by atoms with Gasteiger partial charge in [0.1, 0.15) is 0 Å². The molecule has 0 aromatic heterocycles.